The van der Waals surface area contributed by atoms with Crippen molar-refractivity contribution in [2.45, 2.75) is 12.2 Å². The van der Waals surface area contributed by atoms with Crippen LogP contribution in [0.2, 0.25) is 0 Å². The fraction of sp³-hybridized carbons (Fsp3) is 0.294. The summed E-state index contributed by atoms with van der Waals surface area (Å²) in [6, 6.07) is 18.4. The van der Waals surface area contributed by atoms with Crippen LogP contribution in [0.5, 0.6) is 5.75 Å². The lowest BCUT2D eigenvalue weighted by molar-refractivity contribution is -0.0435. The van der Waals surface area contributed by atoms with Crippen LogP contribution in [0, 0.1) is 3.57 Å². The van der Waals surface area contributed by atoms with Crippen LogP contribution in [0.3, 0.4) is 0 Å². The summed E-state index contributed by atoms with van der Waals surface area (Å²) in [6.45, 7) is 2.44. The van der Waals surface area contributed by atoms with Crippen LogP contribution in [-0.4, -0.2) is 25.8 Å². The van der Waals surface area contributed by atoms with Crippen molar-refractivity contribution in [2.75, 3.05) is 19.7 Å². The van der Waals surface area contributed by atoms with Crippen molar-refractivity contribution in [3.8, 4) is 5.75 Å². The number of morpholine rings is 1. The van der Waals surface area contributed by atoms with Crippen molar-refractivity contribution in [3.05, 3.63) is 63.7 Å². The van der Waals surface area contributed by atoms with Gasteiger partial charge in [-0.3, -0.25) is 0 Å². The lowest BCUT2D eigenvalue weighted by atomic mass is 10.0. The van der Waals surface area contributed by atoms with Gasteiger partial charge >= 0.3 is 0 Å². The SMILES string of the molecule is [131I]c1ccccc1O[C@@H](c1ccccc1)[C@@H]1CNCCO1. The Bertz CT molecular complexity index is 570. The van der Waals surface area contributed by atoms with E-state index in [1.165, 1.54) is 0 Å². The van der Waals surface area contributed by atoms with Gasteiger partial charge in [-0.2, -0.15) is 0 Å². The van der Waals surface area contributed by atoms with Crippen molar-refractivity contribution in [3.63, 3.8) is 0 Å². The van der Waals surface area contributed by atoms with E-state index in [4.69, 9.17) is 9.47 Å². The highest BCUT2D eigenvalue weighted by Crippen LogP contribution is 2.30. The zero-order chi connectivity index (χ0) is 14.5. The third-order valence-corrected chi connectivity index (χ3v) is 4.40. The van der Waals surface area contributed by atoms with E-state index in [0.717, 1.165) is 34.6 Å². The molecule has 0 spiro atoms. The maximum absolute atomic E-state index is 6.30. The summed E-state index contributed by atoms with van der Waals surface area (Å²) in [4.78, 5) is 0. The molecule has 1 N–H and O–H groups in total. The van der Waals surface area contributed by atoms with E-state index < -0.39 is 0 Å². The zero-order valence-electron chi connectivity index (χ0n) is 11.7. The topological polar surface area (TPSA) is 30.5 Å². The number of rotatable bonds is 4. The highest BCUT2D eigenvalue weighted by Gasteiger charge is 2.28. The molecule has 0 bridgehead atoms. The summed E-state index contributed by atoms with van der Waals surface area (Å²) in [5.74, 6) is 0.904. The van der Waals surface area contributed by atoms with Crippen molar-refractivity contribution in [2.24, 2.45) is 0 Å². The molecule has 1 aliphatic rings. The number of nitrogens with one attached hydrogen (secondary N) is 1. The van der Waals surface area contributed by atoms with Crippen LogP contribution in [0.25, 0.3) is 0 Å². The number of benzene rings is 2. The summed E-state index contributed by atoms with van der Waals surface area (Å²) >= 11 is 2.30. The van der Waals surface area contributed by atoms with Gasteiger partial charge in [0.15, 0.2) is 6.10 Å². The van der Waals surface area contributed by atoms with E-state index in [9.17, 15) is 0 Å². The van der Waals surface area contributed by atoms with Gasteiger partial charge in [-0.25, -0.2) is 0 Å². The molecule has 1 aliphatic heterocycles. The number of hydrogen-bond donors (Lipinski definition) is 1. The molecule has 1 saturated heterocycles. The molecule has 3 nitrogen and oxygen atoms in total. The highest BCUT2D eigenvalue weighted by atomic mass is 131. The molecule has 3 rings (SSSR count). The van der Waals surface area contributed by atoms with Crippen LogP contribution >= 0.6 is 22.6 Å². The number of halogens is 1. The molecule has 2 aromatic rings. The van der Waals surface area contributed by atoms with Gasteiger partial charge in [0.1, 0.15) is 11.9 Å². The van der Waals surface area contributed by atoms with Gasteiger partial charge in [0.25, 0.3) is 0 Å². The van der Waals surface area contributed by atoms with E-state index in [1.54, 1.807) is 0 Å². The third kappa shape index (κ3) is 3.75. The van der Waals surface area contributed by atoms with E-state index >= 15 is 0 Å². The van der Waals surface area contributed by atoms with E-state index in [1.807, 2.05) is 36.4 Å². The second-order valence-electron chi connectivity index (χ2n) is 4.99. The van der Waals surface area contributed by atoms with E-state index in [-0.39, 0.29) is 12.2 Å². The Morgan fingerprint density at radius 3 is 2.57 bits per heavy atom. The van der Waals surface area contributed by atoms with Crippen molar-refractivity contribution < 1.29 is 9.47 Å². The van der Waals surface area contributed by atoms with E-state index in [2.05, 4.69) is 46.1 Å². The van der Waals surface area contributed by atoms with Crippen LogP contribution < -0.4 is 10.1 Å². The lowest BCUT2D eigenvalue weighted by Gasteiger charge is -2.31. The van der Waals surface area contributed by atoms with E-state index in [0.29, 0.717) is 0 Å². The first kappa shape index (κ1) is 14.8. The summed E-state index contributed by atoms with van der Waals surface area (Å²) in [7, 11) is 0. The summed E-state index contributed by atoms with van der Waals surface area (Å²) in [5.41, 5.74) is 1.14. The average molecular weight is 399 g/mol. The van der Waals surface area contributed by atoms with Crippen molar-refractivity contribution >= 4 is 22.6 Å². The molecular weight excluding hydrogens is 381 g/mol. The predicted molar refractivity (Wildman–Crippen MR) is 91.6 cm³/mol. The molecule has 0 aliphatic carbocycles. The van der Waals surface area contributed by atoms with Gasteiger partial charge in [-0.05, 0) is 40.3 Å². The molecule has 110 valence electrons. The molecular formula is C17H18INO2. The Morgan fingerprint density at radius 1 is 1.10 bits per heavy atom. The quantitative estimate of drug-likeness (QED) is 0.800. The number of hydrogen-bond acceptors (Lipinski definition) is 3. The number of para-hydroxylation sites is 1. The fourth-order valence-corrected chi connectivity index (χ4v) is 2.97. The minimum Gasteiger partial charge on any atom is -0.482 e. The summed E-state index contributed by atoms with van der Waals surface area (Å²) < 4.78 is 13.3. The van der Waals surface area contributed by atoms with Gasteiger partial charge in [-0.15, -0.1) is 0 Å². The third-order valence-electron chi connectivity index (χ3n) is 3.51. The zero-order valence-corrected chi connectivity index (χ0v) is 13.8. The fourth-order valence-electron chi connectivity index (χ4n) is 2.46. The predicted octanol–water partition coefficient (Wildman–Crippen LogP) is 3.40. The maximum Gasteiger partial charge on any atom is 0.151 e. The van der Waals surface area contributed by atoms with Gasteiger partial charge in [-0.1, -0.05) is 42.5 Å². The Balaban J connectivity index is 1.87. The van der Waals surface area contributed by atoms with Crippen LogP contribution in [0.4, 0.5) is 0 Å². The van der Waals surface area contributed by atoms with Gasteiger partial charge in [0, 0.05) is 13.1 Å². The molecule has 21 heavy (non-hydrogen) atoms. The monoisotopic (exact) mass is 399 g/mol. The molecule has 1 heterocycles. The Kier molecular flexibility index (Phi) is 5.11. The first-order valence-electron chi connectivity index (χ1n) is 7.13. The summed E-state index contributed by atoms with van der Waals surface area (Å²) in [5, 5.41) is 3.38. The van der Waals surface area contributed by atoms with Gasteiger partial charge < -0.3 is 14.8 Å². The molecule has 1 fully saturated rings. The first-order chi connectivity index (χ1) is 10.3. The first-order valence-corrected chi connectivity index (χ1v) is 8.21. The molecule has 0 aromatic heterocycles. The van der Waals surface area contributed by atoms with Gasteiger partial charge in [0.05, 0.1) is 10.2 Å². The minimum absolute atomic E-state index is 0.0251. The normalized spacial score (nSPS) is 20.0. The maximum atomic E-state index is 6.30. The average Bonchev–Trinajstić information content (AvgIpc) is 2.56. The second-order valence-corrected chi connectivity index (χ2v) is 6.16. The Hall–Kier alpha value is -1.11. The molecule has 4 heteroatoms. The van der Waals surface area contributed by atoms with Crippen molar-refractivity contribution in [1.82, 2.24) is 5.32 Å². The van der Waals surface area contributed by atoms with Crippen LogP contribution in [0.1, 0.15) is 11.7 Å². The van der Waals surface area contributed by atoms with Crippen LogP contribution in [0.15, 0.2) is 54.6 Å². The lowest BCUT2D eigenvalue weighted by Crippen LogP contribution is -2.43. The molecule has 2 aromatic carbocycles. The molecule has 0 amide bonds. The molecule has 0 radical (unpaired) electrons. The smallest absolute Gasteiger partial charge is 0.151 e. The van der Waals surface area contributed by atoms with Crippen molar-refractivity contribution in [1.29, 1.82) is 0 Å². The Labute approximate surface area is 138 Å². The number of ether oxygens (including phenoxy) is 2. The van der Waals surface area contributed by atoms with Gasteiger partial charge in [0.2, 0.25) is 0 Å². The highest BCUT2D eigenvalue weighted by molar-refractivity contribution is 14.1. The Morgan fingerprint density at radius 2 is 1.86 bits per heavy atom. The molecule has 0 unspecified atom stereocenters. The summed E-state index contributed by atoms with van der Waals surface area (Å²) in [6.07, 6.45) is -0.0768. The van der Waals surface area contributed by atoms with Crippen LogP contribution in [-0.2, 0) is 4.74 Å². The second kappa shape index (κ2) is 7.24. The standard InChI is InChI=1S/C17H18INO2/c18-14-8-4-5-9-15(14)21-17(13-6-2-1-3-7-13)16-12-19-10-11-20-16/h1-9,16-17,19H,10-12H2/t16-,17-/m0/s1/i18+4. The largest absolute Gasteiger partial charge is 0.482 e. The minimum atomic E-state index is -0.102. The molecule has 2 atom stereocenters. The molecule has 0 saturated carbocycles.